The highest BCUT2D eigenvalue weighted by Crippen LogP contribution is 2.29. The maximum atomic E-state index is 13.3. The maximum Gasteiger partial charge on any atom is 0.299 e. The minimum Gasteiger partial charge on any atom is -0.320 e. The highest BCUT2D eigenvalue weighted by molar-refractivity contribution is 7.80. The predicted octanol–water partition coefficient (Wildman–Crippen LogP) is 2.67. The van der Waals surface area contributed by atoms with E-state index in [1.807, 2.05) is 0 Å². The number of hydrogen-bond acceptors (Lipinski definition) is 9. The number of rotatable bonds is 14. The van der Waals surface area contributed by atoms with Gasteiger partial charge in [0.1, 0.15) is 5.69 Å². The molecule has 1 unspecified atom stereocenters. The lowest BCUT2D eigenvalue weighted by molar-refractivity contribution is -0.393. The van der Waals surface area contributed by atoms with Crippen LogP contribution in [0.1, 0.15) is 46.5 Å². The van der Waals surface area contributed by atoms with Crippen LogP contribution in [0.5, 0.6) is 0 Å². The van der Waals surface area contributed by atoms with Crippen LogP contribution >= 0.6 is 12.2 Å². The van der Waals surface area contributed by atoms with Gasteiger partial charge in [-0.05, 0) is 51.1 Å². The van der Waals surface area contributed by atoms with Gasteiger partial charge in [-0.25, -0.2) is 5.84 Å². The number of carbonyl (C=O) groups is 1. The molecule has 1 aromatic carbocycles. The fourth-order valence-corrected chi connectivity index (χ4v) is 3.13. The molecule has 0 saturated carbocycles. The van der Waals surface area contributed by atoms with Crippen LogP contribution in [0.3, 0.4) is 0 Å². The molecule has 0 bridgehead atoms. The summed E-state index contributed by atoms with van der Waals surface area (Å²) in [6, 6.07) is 3.06. The minimum absolute atomic E-state index is 0.0540. The van der Waals surface area contributed by atoms with Crippen molar-refractivity contribution in [2.24, 2.45) is 16.9 Å². The van der Waals surface area contributed by atoms with E-state index < -0.39 is 33.0 Å². The van der Waals surface area contributed by atoms with Crippen molar-refractivity contribution in [3.8, 4) is 0 Å². The van der Waals surface area contributed by atoms with Crippen LogP contribution < -0.4 is 22.0 Å². The van der Waals surface area contributed by atoms with Crippen LogP contribution in [0, 0.1) is 26.1 Å². The Morgan fingerprint density at radius 3 is 2.29 bits per heavy atom. The van der Waals surface area contributed by atoms with Gasteiger partial charge < -0.3 is 10.2 Å². The monoisotopic (exact) mass is 496 g/mol. The number of nitrogens with two attached hydrogens (primary N) is 1. The van der Waals surface area contributed by atoms with Crippen molar-refractivity contribution < 1.29 is 14.6 Å². The average Bonchev–Trinajstić information content (AvgIpc) is 2.81. The van der Waals surface area contributed by atoms with E-state index in [1.54, 1.807) is 6.92 Å². The van der Waals surface area contributed by atoms with E-state index in [-0.39, 0.29) is 10.8 Å². The predicted molar refractivity (Wildman–Crippen MR) is 134 cm³/mol. The molecule has 188 valence electrons. The van der Waals surface area contributed by atoms with Crippen LogP contribution in [0.4, 0.5) is 17.1 Å². The van der Waals surface area contributed by atoms with Crippen molar-refractivity contribution >= 4 is 46.0 Å². The van der Waals surface area contributed by atoms with Crippen LogP contribution in [0.25, 0.3) is 0 Å². The first-order valence-corrected chi connectivity index (χ1v) is 11.3. The summed E-state index contributed by atoms with van der Waals surface area (Å²) in [4.78, 5) is 36.4. The van der Waals surface area contributed by atoms with Crippen molar-refractivity contribution in [2.75, 3.05) is 25.0 Å². The first-order valence-electron chi connectivity index (χ1n) is 10.9. The third-order valence-corrected chi connectivity index (χ3v) is 5.24. The summed E-state index contributed by atoms with van der Waals surface area (Å²) in [5.41, 5.74) is 4.00. The van der Waals surface area contributed by atoms with Crippen molar-refractivity contribution in [3.05, 3.63) is 38.4 Å². The largest absolute Gasteiger partial charge is 0.320 e. The Morgan fingerprint density at radius 1 is 1.18 bits per heavy atom. The van der Waals surface area contributed by atoms with E-state index in [2.05, 4.69) is 40.0 Å². The normalized spacial score (nSPS) is 12.2. The number of thiocarbonyl (C=S) groups is 1. The third kappa shape index (κ3) is 9.33. The van der Waals surface area contributed by atoms with E-state index >= 15 is 0 Å². The topological polar surface area (TPSA) is 181 Å². The average molecular weight is 497 g/mol. The molecule has 13 nitrogen and oxygen atoms in total. The number of benzene rings is 1. The molecule has 1 aromatic rings. The number of nitro benzene ring substituents is 2. The fourth-order valence-electron chi connectivity index (χ4n) is 3.08. The molecule has 34 heavy (non-hydrogen) atoms. The lowest BCUT2D eigenvalue weighted by atomic mass is 10.0. The zero-order valence-electron chi connectivity index (χ0n) is 19.6. The molecular weight excluding hydrogens is 464 g/mol. The number of hydrazone groups is 1. The maximum absolute atomic E-state index is 13.3. The Kier molecular flexibility index (Phi) is 12.6. The molecule has 5 N–H and O–H groups in total. The number of nitro groups is 2. The Labute approximate surface area is 203 Å². The molecule has 0 spiro atoms. The summed E-state index contributed by atoms with van der Waals surface area (Å²) in [7, 11) is 0. The summed E-state index contributed by atoms with van der Waals surface area (Å²) in [5, 5.41) is 29.2. The van der Waals surface area contributed by atoms with Crippen LogP contribution in [-0.4, -0.2) is 51.1 Å². The minimum atomic E-state index is -0.781. The van der Waals surface area contributed by atoms with Gasteiger partial charge in [0.25, 0.3) is 11.4 Å². The first-order chi connectivity index (χ1) is 16.1. The molecule has 1 rings (SSSR count). The van der Waals surface area contributed by atoms with Crippen LogP contribution in [0.15, 0.2) is 23.3 Å². The van der Waals surface area contributed by atoms with Crippen LogP contribution in [-0.2, 0) is 4.79 Å². The van der Waals surface area contributed by atoms with E-state index in [0.717, 1.165) is 57.0 Å². The Morgan fingerprint density at radius 2 is 1.79 bits per heavy atom. The Bertz CT molecular complexity index is 903. The van der Waals surface area contributed by atoms with E-state index in [4.69, 9.17) is 18.1 Å². The second kappa shape index (κ2) is 14.8. The number of non-ortho nitro benzene ring substituents is 1. The molecule has 0 saturated heterocycles. The highest BCUT2D eigenvalue weighted by atomic mass is 32.1. The Hall–Kier alpha value is -3.23. The number of nitrogens with one attached hydrogen (secondary N) is 3. The zero-order chi connectivity index (χ0) is 25.7. The molecule has 1 atom stereocenters. The van der Waals surface area contributed by atoms with Gasteiger partial charge in [-0.15, -0.1) is 0 Å². The standard InChI is InChI=1S/C20H32N8O5S/c1-4-6-10-26(11-7-5-2)13-16(14(3)24-25-20(34)23-21)19(29)22-17-9-8-15(27(30)31)12-18(17)28(32)33/h8-9,12,16H,4-7,10-11,13,21H2,1-3H3,(H,22,29)(H2,23,25,34)/b24-14+. The highest BCUT2D eigenvalue weighted by Gasteiger charge is 2.28. The SMILES string of the molecule is CCCCN(CCCC)CC(C(=O)Nc1ccc([N+](=O)[O-])cc1[N+](=O)[O-])/C(C)=N/NC(=S)NN. The van der Waals surface area contributed by atoms with Crippen molar-refractivity contribution in [2.45, 2.75) is 46.5 Å². The zero-order valence-corrected chi connectivity index (χ0v) is 20.4. The lowest BCUT2D eigenvalue weighted by Gasteiger charge is -2.27. The number of amides is 1. The molecule has 0 radical (unpaired) electrons. The molecule has 0 aliphatic rings. The van der Waals surface area contributed by atoms with Crippen LogP contribution in [0.2, 0.25) is 0 Å². The van der Waals surface area contributed by atoms with Crippen molar-refractivity contribution in [1.82, 2.24) is 15.8 Å². The second-order valence-electron chi connectivity index (χ2n) is 7.60. The molecular formula is C20H32N8O5S. The number of hydrazine groups is 1. The molecule has 0 aromatic heterocycles. The number of unbranched alkanes of at least 4 members (excludes halogenated alkanes) is 2. The molecule has 0 heterocycles. The summed E-state index contributed by atoms with van der Waals surface area (Å²) >= 11 is 4.92. The summed E-state index contributed by atoms with van der Waals surface area (Å²) < 4.78 is 0. The number of nitrogens with zero attached hydrogens (tertiary/aromatic N) is 4. The smallest absolute Gasteiger partial charge is 0.299 e. The van der Waals surface area contributed by atoms with E-state index in [9.17, 15) is 25.0 Å². The molecule has 0 aliphatic carbocycles. The van der Waals surface area contributed by atoms with E-state index in [0.29, 0.717) is 12.3 Å². The van der Waals surface area contributed by atoms with Gasteiger partial charge >= 0.3 is 0 Å². The molecule has 0 fully saturated rings. The summed E-state index contributed by atoms with van der Waals surface area (Å²) in [6.07, 6.45) is 3.86. The first kappa shape index (κ1) is 28.8. The fraction of sp³-hybridized carbons (Fsp3) is 0.550. The van der Waals surface area contributed by atoms with Gasteiger partial charge in [-0.1, -0.05) is 26.7 Å². The second-order valence-corrected chi connectivity index (χ2v) is 8.01. The van der Waals surface area contributed by atoms with Crippen molar-refractivity contribution in [1.29, 1.82) is 0 Å². The number of anilines is 1. The van der Waals surface area contributed by atoms with Gasteiger partial charge in [0.05, 0.1) is 21.8 Å². The quantitative estimate of drug-likeness (QED) is 0.0982. The van der Waals surface area contributed by atoms with Gasteiger partial charge in [-0.2, -0.15) is 5.10 Å². The van der Waals surface area contributed by atoms with Gasteiger partial charge in [0, 0.05) is 18.3 Å². The Balaban J connectivity index is 3.26. The van der Waals surface area contributed by atoms with Crippen molar-refractivity contribution in [3.63, 3.8) is 0 Å². The van der Waals surface area contributed by atoms with Gasteiger partial charge in [0.2, 0.25) is 11.0 Å². The lowest BCUT2D eigenvalue weighted by Crippen LogP contribution is -2.42. The van der Waals surface area contributed by atoms with E-state index in [1.165, 1.54) is 0 Å². The summed E-state index contributed by atoms with van der Waals surface area (Å²) in [6.45, 7) is 7.67. The number of carbonyl (C=O) groups excluding carboxylic acids is 1. The number of hydrogen-bond donors (Lipinski definition) is 4. The molecule has 14 heteroatoms. The molecule has 0 aliphatic heterocycles. The van der Waals surface area contributed by atoms with Gasteiger partial charge in [0.15, 0.2) is 0 Å². The molecule has 1 amide bonds. The third-order valence-electron chi connectivity index (χ3n) is 5.03. The van der Waals surface area contributed by atoms with Gasteiger partial charge in [-0.3, -0.25) is 35.9 Å². The summed E-state index contributed by atoms with van der Waals surface area (Å²) in [5.74, 6) is 3.92.